The van der Waals surface area contributed by atoms with Crippen molar-refractivity contribution in [3.8, 4) is 0 Å². The van der Waals surface area contributed by atoms with Gasteiger partial charge < -0.3 is 15.2 Å². The highest BCUT2D eigenvalue weighted by Gasteiger charge is 2.40. The zero-order valence-electron chi connectivity index (χ0n) is 10.9. The standard InChI is InChI=1S/C14H15N3O3/c18-13(19)14(5-7-20-8-6-14)16-12-9-15-17-11-4-2-1-3-10(11)12/h1-4,9H,5-8H2,(H,16,17)(H,18,19). The number of ether oxygens (including phenoxy) is 1. The van der Waals surface area contributed by atoms with E-state index in [1.54, 1.807) is 6.20 Å². The Hall–Kier alpha value is -2.21. The van der Waals surface area contributed by atoms with Crippen molar-refractivity contribution in [3.63, 3.8) is 0 Å². The number of nitrogens with zero attached hydrogens (tertiary/aromatic N) is 2. The van der Waals surface area contributed by atoms with E-state index in [4.69, 9.17) is 4.74 Å². The first-order valence-corrected chi connectivity index (χ1v) is 6.51. The fraction of sp³-hybridized carbons (Fsp3) is 0.357. The van der Waals surface area contributed by atoms with Crippen LogP contribution in [0, 0.1) is 0 Å². The molecule has 2 heterocycles. The Labute approximate surface area is 115 Å². The van der Waals surface area contributed by atoms with Crippen LogP contribution < -0.4 is 5.32 Å². The molecule has 0 amide bonds. The Kier molecular flexibility index (Phi) is 3.23. The molecule has 1 aliphatic rings. The molecular formula is C14H15N3O3. The van der Waals surface area contributed by atoms with Gasteiger partial charge in [-0.3, -0.25) is 0 Å². The second-order valence-electron chi connectivity index (χ2n) is 4.90. The number of benzene rings is 1. The van der Waals surface area contributed by atoms with Gasteiger partial charge in [0.05, 0.1) is 17.4 Å². The molecule has 2 aromatic rings. The summed E-state index contributed by atoms with van der Waals surface area (Å²) in [5.74, 6) is -0.860. The molecule has 0 spiro atoms. The summed E-state index contributed by atoms with van der Waals surface area (Å²) in [4.78, 5) is 11.7. The van der Waals surface area contributed by atoms with E-state index < -0.39 is 11.5 Å². The summed E-state index contributed by atoms with van der Waals surface area (Å²) in [6.07, 6.45) is 2.43. The molecular weight excluding hydrogens is 258 g/mol. The topological polar surface area (TPSA) is 84.3 Å². The Morgan fingerprint density at radius 3 is 2.80 bits per heavy atom. The minimum atomic E-state index is -0.996. The first kappa shape index (κ1) is 12.8. The van der Waals surface area contributed by atoms with Gasteiger partial charge in [0.25, 0.3) is 0 Å². The van der Waals surface area contributed by atoms with Gasteiger partial charge in [0, 0.05) is 31.4 Å². The molecule has 2 N–H and O–H groups in total. The third-order valence-corrected chi connectivity index (χ3v) is 3.68. The first-order chi connectivity index (χ1) is 9.71. The molecule has 0 unspecified atom stereocenters. The molecule has 6 heteroatoms. The van der Waals surface area contributed by atoms with Crippen molar-refractivity contribution in [2.75, 3.05) is 18.5 Å². The molecule has 20 heavy (non-hydrogen) atoms. The molecule has 3 rings (SSSR count). The maximum atomic E-state index is 11.7. The normalized spacial score (nSPS) is 17.8. The summed E-state index contributed by atoms with van der Waals surface area (Å²) < 4.78 is 5.27. The highest BCUT2D eigenvalue weighted by molar-refractivity contribution is 5.93. The number of anilines is 1. The molecule has 0 radical (unpaired) electrons. The van der Waals surface area contributed by atoms with Gasteiger partial charge in [0.1, 0.15) is 5.54 Å². The lowest BCUT2D eigenvalue weighted by atomic mass is 9.89. The van der Waals surface area contributed by atoms with Gasteiger partial charge in [0.15, 0.2) is 0 Å². The van der Waals surface area contributed by atoms with Crippen LogP contribution >= 0.6 is 0 Å². The lowest BCUT2D eigenvalue weighted by Crippen LogP contribution is -2.50. The van der Waals surface area contributed by atoms with E-state index in [9.17, 15) is 9.90 Å². The van der Waals surface area contributed by atoms with Gasteiger partial charge in [-0.2, -0.15) is 10.2 Å². The van der Waals surface area contributed by atoms with Crippen LogP contribution in [0.3, 0.4) is 0 Å². The number of nitrogens with one attached hydrogen (secondary N) is 1. The third kappa shape index (κ3) is 2.18. The Morgan fingerprint density at radius 1 is 1.30 bits per heavy atom. The molecule has 0 saturated carbocycles. The van der Waals surface area contributed by atoms with Crippen molar-refractivity contribution in [2.45, 2.75) is 18.4 Å². The molecule has 0 aliphatic carbocycles. The van der Waals surface area contributed by atoms with Crippen molar-refractivity contribution < 1.29 is 14.6 Å². The minimum Gasteiger partial charge on any atom is -0.480 e. The highest BCUT2D eigenvalue weighted by Crippen LogP contribution is 2.29. The van der Waals surface area contributed by atoms with Crippen LogP contribution in [0.2, 0.25) is 0 Å². The van der Waals surface area contributed by atoms with Gasteiger partial charge in [0.2, 0.25) is 0 Å². The Balaban J connectivity index is 2.00. The number of carboxylic acids is 1. The predicted molar refractivity (Wildman–Crippen MR) is 73.6 cm³/mol. The van der Waals surface area contributed by atoms with Gasteiger partial charge >= 0.3 is 5.97 Å². The van der Waals surface area contributed by atoms with Crippen LogP contribution in [0.1, 0.15) is 12.8 Å². The number of fused-ring (bicyclic) bond motifs is 1. The lowest BCUT2D eigenvalue weighted by molar-refractivity contribution is -0.145. The molecule has 1 aliphatic heterocycles. The number of carboxylic acid groups (broad SMARTS) is 1. The van der Waals surface area contributed by atoms with E-state index in [0.717, 1.165) is 10.9 Å². The van der Waals surface area contributed by atoms with E-state index >= 15 is 0 Å². The number of rotatable bonds is 3. The molecule has 104 valence electrons. The number of aromatic nitrogens is 2. The predicted octanol–water partition coefficient (Wildman–Crippen LogP) is 1.68. The SMILES string of the molecule is O=C(O)C1(Nc2cnnc3ccccc23)CCOCC1. The number of carbonyl (C=O) groups is 1. The van der Waals surface area contributed by atoms with E-state index in [1.807, 2.05) is 24.3 Å². The Morgan fingerprint density at radius 2 is 2.05 bits per heavy atom. The van der Waals surface area contributed by atoms with Gasteiger partial charge in [-0.1, -0.05) is 18.2 Å². The van der Waals surface area contributed by atoms with Gasteiger partial charge in [-0.05, 0) is 6.07 Å². The van der Waals surface area contributed by atoms with Crippen molar-refractivity contribution in [1.29, 1.82) is 0 Å². The van der Waals surface area contributed by atoms with Crippen molar-refractivity contribution in [3.05, 3.63) is 30.5 Å². The molecule has 0 bridgehead atoms. The monoisotopic (exact) mass is 273 g/mol. The van der Waals surface area contributed by atoms with Crippen LogP contribution in [-0.4, -0.2) is 40.0 Å². The lowest BCUT2D eigenvalue weighted by Gasteiger charge is -2.34. The summed E-state index contributed by atoms with van der Waals surface area (Å²) in [6.45, 7) is 0.880. The highest BCUT2D eigenvalue weighted by atomic mass is 16.5. The van der Waals surface area contributed by atoms with Crippen LogP contribution in [0.4, 0.5) is 5.69 Å². The Bertz CT molecular complexity index is 633. The summed E-state index contributed by atoms with van der Waals surface area (Å²) in [7, 11) is 0. The van der Waals surface area contributed by atoms with Crippen LogP contribution in [0.5, 0.6) is 0 Å². The van der Waals surface area contributed by atoms with Crippen molar-refractivity contribution in [1.82, 2.24) is 10.2 Å². The van der Waals surface area contributed by atoms with Crippen molar-refractivity contribution >= 4 is 22.6 Å². The zero-order chi connectivity index (χ0) is 14.0. The smallest absolute Gasteiger partial charge is 0.329 e. The average Bonchev–Trinajstić information content (AvgIpc) is 2.48. The second-order valence-corrected chi connectivity index (χ2v) is 4.90. The molecule has 0 atom stereocenters. The summed E-state index contributed by atoms with van der Waals surface area (Å²) in [6, 6.07) is 7.53. The molecule has 1 saturated heterocycles. The van der Waals surface area contributed by atoms with Crippen LogP contribution in [0.15, 0.2) is 30.5 Å². The molecule has 1 aromatic carbocycles. The average molecular weight is 273 g/mol. The second kappa shape index (κ2) is 5.05. The van der Waals surface area contributed by atoms with E-state index in [0.29, 0.717) is 31.7 Å². The fourth-order valence-electron chi connectivity index (χ4n) is 2.48. The number of hydrogen-bond donors (Lipinski definition) is 2. The first-order valence-electron chi connectivity index (χ1n) is 6.51. The summed E-state index contributed by atoms with van der Waals surface area (Å²) in [5, 5.41) is 21.6. The van der Waals surface area contributed by atoms with E-state index in [2.05, 4.69) is 15.5 Å². The summed E-state index contributed by atoms with van der Waals surface area (Å²) >= 11 is 0. The molecule has 1 aromatic heterocycles. The van der Waals surface area contributed by atoms with E-state index in [-0.39, 0.29) is 0 Å². The molecule has 6 nitrogen and oxygen atoms in total. The van der Waals surface area contributed by atoms with E-state index in [1.165, 1.54) is 0 Å². The molecule has 1 fully saturated rings. The van der Waals surface area contributed by atoms with Crippen LogP contribution in [-0.2, 0) is 9.53 Å². The third-order valence-electron chi connectivity index (χ3n) is 3.68. The quantitative estimate of drug-likeness (QED) is 0.885. The number of aliphatic carboxylic acids is 1. The largest absolute Gasteiger partial charge is 0.480 e. The van der Waals surface area contributed by atoms with Crippen molar-refractivity contribution in [2.24, 2.45) is 0 Å². The fourth-order valence-corrected chi connectivity index (χ4v) is 2.48. The minimum absolute atomic E-state index is 0.430. The van der Waals surface area contributed by atoms with Crippen LogP contribution in [0.25, 0.3) is 10.9 Å². The summed E-state index contributed by atoms with van der Waals surface area (Å²) in [5.41, 5.74) is 0.439. The van der Waals surface area contributed by atoms with Gasteiger partial charge in [-0.15, -0.1) is 0 Å². The van der Waals surface area contributed by atoms with Gasteiger partial charge in [-0.25, -0.2) is 4.79 Å². The zero-order valence-corrected chi connectivity index (χ0v) is 10.9. The maximum absolute atomic E-state index is 11.7. The maximum Gasteiger partial charge on any atom is 0.329 e. The number of hydrogen-bond acceptors (Lipinski definition) is 5.